The minimum atomic E-state index is -0.217. The molecular formula is C15H21N3O2S. The number of carbonyl (C=O) groups is 1. The third-order valence-electron chi connectivity index (χ3n) is 3.97. The topological polar surface area (TPSA) is 45.7 Å². The van der Waals surface area contributed by atoms with Crippen LogP contribution in [0.5, 0.6) is 0 Å². The molecule has 0 saturated carbocycles. The van der Waals surface area contributed by atoms with Crippen LogP contribution in [0.15, 0.2) is 24.5 Å². The zero-order valence-corrected chi connectivity index (χ0v) is 12.9. The second-order valence-electron chi connectivity index (χ2n) is 5.27. The Hall–Kier alpha value is -1.11. The average Bonchev–Trinajstić information content (AvgIpc) is 2.58. The fraction of sp³-hybridized carbons (Fsp3) is 0.600. The lowest BCUT2D eigenvalue weighted by atomic mass is 10.1. The summed E-state index contributed by atoms with van der Waals surface area (Å²) in [4.78, 5) is 21.4. The standard InChI is InChI=1S/C15H21N3O2S/c19-15(18-6-10-21-11-7-18)14(13-2-1-3-16-12-13)17-4-8-20-9-5-17/h1-3,12,14H,4-11H2/t14-/m0/s1. The Morgan fingerprint density at radius 2 is 2.00 bits per heavy atom. The van der Waals surface area contributed by atoms with Crippen LogP contribution in [-0.2, 0) is 9.53 Å². The fourth-order valence-corrected chi connectivity index (χ4v) is 3.74. The molecule has 2 aliphatic rings. The van der Waals surface area contributed by atoms with Crippen LogP contribution in [-0.4, -0.2) is 71.6 Å². The highest BCUT2D eigenvalue weighted by Gasteiger charge is 2.32. The molecule has 114 valence electrons. The number of rotatable bonds is 3. The van der Waals surface area contributed by atoms with E-state index in [1.807, 2.05) is 35.0 Å². The van der Waals surface area contributed by atoms with Gasteiger partial charge in [0.1, 0.15) is 6.04 Å². The van der Waals surface area contributed by atoms with Crippen LogP contribution < -0.4 is 0 Å². The average molecular weight is 307 g/mol. The largest absolute Gasteiger partial charge is 0.379 e. The first-order valence-electron chi connectivity index (χ1n) is 7.44. The Kier molecular flexibility index (Phi) is 5.11. The van der Waals surface area contributed by atoms with Gasteiger partial charge in [-0.2, -0.15) is 11.8 Å². The molecule has 3 rings (SSSR count). The van der Waals surface area contributed by atoms with Crippen LogP contribution in [0, 0.1) is 0 Å². The molecular weight excluding hydrogens is 286 g/mol. The number of morpholine rings is 1. The molecule has 0 aromatic carbocycles. The van der Waals surface area contributed by atoms with Crippen LogP contribution in [0.4, 0.5) is 0 Å². The Labute approximate surface area is 129 Å². The highest BCUT2D eigenvalue weighted by atomic mass is 32.2. The van der Waals surface area contributed by atoms with E-state index in [-0.39, 0.29) is 11.9 Å². The number of carbonyl (C=O) groups excluding carboxylic acids is 1. The number of aromatic nitrogens is 1. The van der Waals surface area contributed by atoms with Crippen LogP contribution in [0.25, 0.3) is 0 Å². The zero-order chi connectivity index (χ0) is 14.5. The summed E-state index contributed by atoms with van der Waals surface area (Å²) in [5.41, 5.74) is 0.989. The van der Waals surface area contributed by atoms with Gasteiger partial charge in [-0.3, -0.25) is 14.7 Å². The molecule has 1 amide bonds. The summed E-state index contributed by atoms with van der Waals surface area (Å²) in [6.07, 6.45) is 3.57. The second kappa shape index (κ2) is 7.24. The smallest absolute Gasteiger partial charge is 0.244 e. The number of thioether (sulfide) groups is 1. The summed E-state index contributed by atoms with van der Waals surface area (Å²) >= 11 is 1.92. The van der Waals surface area contributed by atoms with Crippen molar-refractivity contribution >= 4 is 17.7 Å². The summed E-state index contributed by atoms with van der Waals surface area (Å²) in [7, 11) is 0. The van der Waals surface area contributed by atoms with Gasteiger partial charge < -0.3 is 9.64 Å². The number of amides is 1. The summed E-state index contributed by atoms with van der Waals surface area (Å²) in [6.45, 7) is 4.69. The van der Waals surface area contributed by atoms with Gasteiger partial charge >= 0.3 is 0 Å². The van der Waals surface area contributed by atoms with E-state index < -0.39 is 0 Å². The third kappa shape index (κ3) is 3.56. The quantitative estimate of drug-likeness (QED) is 0.835. The predicted molar refractivity (Wildman–Crippen MR) is 83.3 cm³/mol. The molecule has 0 aliphatic carbocycles. The molecule has 1 atom stereocenters. The molecule has 2 aliphatic heterocycles. The first-order chi connectivity index (χ1) is 10.4. The van der Waals surface area contributed by atoms with E-state index in [9.17, 15) is 4.79 Å². The van der Waals surface area contributed by atoms with Crippen molar-refractivity contribution in [3.63, 3.8) is 0 Å². The molecule has 1 aromatic rings. The van der Waals surface area contributed by atoms with Gasteiger partial charge in [0, 0.05) is 50.1 Å². The minimum absolute atomic E-state index is 0.213. The van der Waals surface area contributed by atoms with E-state index in [4.69, 9.17) is 4.74 Å². The molecule has 0 spiro atoms. The van der Waals surface area contributed by atoms with Crippen molar-refractivity contribution in [2.45, 2.75) is 6.04 Å². The van der Waals surface area contributed by atoms with Gasteiger partial charge in [0.15, 0.2) is 0 Å². The number of ether oxygens (including phenoxy) is 1. The first kappa shape index (κ1) is 14.8. The summed E-state index contributed by atoms with van der Waals surface area (Å²) in [5.74, 6) is 2.29. The summed E-state index contributed by atoms with van der Waals surface area (Å²) < 4.78 is 5.43. The highest BCUT2D eigenvalue weighted by Crippen LogP contribution is 2.25. The van der Waals surface area contributed by atoms with Gasteiger partial charge in [0.25, 0.3) is 0 Å². The maximum Gasteiger partial charge on any atom is 0.244 e. The predicted octanol–water partition coefficient (Wildman–Crippen LogP) is 1.03. The molecule has 2 saturated heterocycles. The van der Waals surface area contributed by atoms with E-state index >= 15 is 0 Å². The van der Waals surface area contributed by atoms with Crippen molar-refractivity contribution in [2.75, 3.05) is 50.9 Å². The SMILES string of the molecule is O=C([C@H](c1cccnc1)N1CCOCC1)N1CCSCC1. The molecule has 1 aromatic heterocycles. The van der Waals surface area contributed by atoms with Gasteiger partial charge in [-0.1, -0.05) is 6.07 Å². The maximum atomic E-state index is 13.0. The second-order valence-corrected chi connectivity index (χ2v) is 6.50. The Balaban J connectivity index is 1.82. The number of nitrogens with zero attached hydrogens (tertiary/aromatic N) is 3. The van der Waals surface area contributed by atoms with Crippen molar-refractivity contribution in [2.24, 2.45) is 0 Å². The number of hydrogen-bond acceptors (Lipinski definition) is 5. The van der Waals surface area contributed by atoms with E-state index in [2.05, 4.69) is 9.88 Å². The molecule has 5 nitrogen and oxygen atoms in total. The normalized spacial score (nSPS) is 22.0. The molecule has 21 heavy (non-hydrogen) atoms. The van der Waals surface area contributed by atoms with Gasteiger partial charge in [0.2, 0.25) is 5.91 Å². The maximum absolute atomic E-state index is 13.0. The molecule has 0 radical (unpaired) electrons. The van der Waals surface area contributed by atoms with Gasteiger partial charge in [-0.15, -0.1) is 0 Å². The monoisotopic (exact) mass is 307 g/mol. The molecule has 2 fully saturated rings. The lowest BCUT2D eigenvalue weighted by Crippen LogP contribution is -2.49. The molecule has 0 unspecified atom stereocenters. The van der Waals surface area contributed by atoms with Crippen LogP contribution in [0.2, 0.25) is 0 Å². The van der Waals surface area contributed by atoms with Crippen molar-refractivity contribution in [3.05, 3.63) is 30.1 Å². The summed E-state index contributed by atoms with van der Waals surface area (Å²) in [6, 6.07) is 3.69. The van der Waals surface area contributed by atoms with Gasteiger partial charge in [-0.05, 0) is 11.6 Å². The molecule has 0 N–H and O–H groups in total. The van der Waals surface area contributed by atoms with E-state index in [1.54, 1.807) is 6.20 Å². The third-order valence-corrected chi connectivity index (χ3v) is 4.91. The van der Waals surface area contributed by atoms with E-state index in [0.717, 1.165) is 43.2 Å². The van der Waals surface area contributed by atoms with Crippen LogP contribution >= 0.6 is 11.8 Å². The molecule has 6 heteroatoms. The Bertz CT molecular complexity index is 459. The molecule has 3 heterocycles. The van der Waals surface area contributed by atoms with Crippen molar-refractivity contribution < 1.29 is 9.53 Å². The van der Waals surface area contributed by atoms with E-state index in [0.29, 0.717) is 13.2 Å². The summed E-state index contributed by atoms with van der Waals surface area (Å²) in [5, 5.41) is 0. The number of pyridine rings is 1. The first-order valence-corrected chi connectivity index (χ1v) is 8.60. The van der Waals surface area contributed by atoms with Gasteiger partial charge in [0.05, 0.1) is 13.2 Å². The fourth-order valence-electron chi connectivity index (χ4n) is 2.84. The lowest BCUT2D eigenvalue weighted by molar-refractivity contribution is -0.138. The zero-order valence-electron chi connectivity index (χ0n) is 12.1. The van der Waals surface area contributed by atoms with Gasteiger partial charge in [-0.25, -0.2) is 0 Å². The van der Waals surface area contributed by atoms with Crippen molar-refractivity contribution in [3.8, 4) is 0 Å². The molecule has 0 bridgehead atoms. The highest BCUT2D eigenvalue weighted by molar-refractivity contribution is 7.99. The van der Waals surface area contributed by atoms with Crippen LogP contribution in [0.1, 0.15) is 11.6 Å². The minimum Gasteiger partial charge on any atom is -0.379 e. The lowest BCUT2D eigenvalue weighted by Gasteiger charge is -2.37. The number of hydrogen-bond donors (Lipinski definition) is 0. The van der Waals surface area contributed by atoms with Crippen molar-refractivity contribution in [1.82, 2.24) is 14.8 Å². The Morgan fingerprint density at radius 3 is 2.67 bits per heavy atom. The van der Waals surface area contributed by atoms with Crippen LogP contribution in [0.3, 0.4) is 0 Å². The Morgan fingerprint density at radius 1 is 1.24 bits per heavy atom. The van der Waals surface area contributed by atoms with E-state index in [1.165, 1.54) is 0 Å². The van der Waals surface area contributed by atoms with Crippen molar-refractivity contribution in [1.29, 1.82) is 0 Å².